The van der Waals surface area contributed by atoms with Gasteiger partial charge in [-0.2, -0.15) is 0 Å². The molecule has 0 bridgehead atoms. The van der Waals surface area contributed by atoms with E-state index in [9.17, 15) is 0 Å². The van der Waals surface area contributed by atoms with Gasteiger partial charge in [0.15, 0.2) is 0 Å². The van der Waals surface area contributed by atoms with E-state index in [1.165, 1.54) is 0 Å². The van der Waals surface area contributed by atoms with Crippen LogP contribution < -0.4 is 11.1 Å². The molecule has 3 N–H and O–H groups in total. The summed E-state index contributed by atoms with van der Waals surface area (Å²) in [6.45, 7) is 9.62. The number of hydrogen-bond donors (Lipinski definition) is 2. The van der Waals surface area contributed by atoms with Crippen LogP contribution in [0, 0.1) is 0 Å². The standard InChI is InChI=1S/C8H19N3/c1-8(2)7-11(5-3-9)6-4-10-8/h10H,3-7,9H2,1-2H3. The first-order valence-corrected chi connectivity index (χ1v) is 4.31. The van der Waals surface area contributed by atoms with Crippen molar-refractivity contribution in [2.75, 3.05) is 32.7 Å². The monoisotopic (exact) mass is 157 g/mol. The highest BCUT2D eigenvalue weighted by atomic mass is 15.2. The largest absolute Gasteiger partial charge is 0.329 e. The van der Waals surface area contributed by atoms with Crippen LogP contribution in [0.25, 0.3) is 0 Å². The van der Waals surface area contributed by atoms with E-state index in [-0.39, 0.29) is 5.54 Å². The number of nitrogens with two attached hydrogens (primary N) is 1. The van der Waals surface area contributed by atoms with E-state index in [2.05, 4.69) is 24.1 Å². The molecule has 1 heterocycles. The Kier molecular flexibility index (Phi) is 2.87. The maximum Gasteiger partial charge on any atom is 0.0252 e. The molecule has 0 aromatic rings. The SMILES string of the molecule is CC1(C)CN(CCN)CCN1. The molecule has 0 atom stereocenters. The Bertz CT molecular complexity index is 121. The molecule has 0 radical (unpaired) electrons. The van der Waals surface area contributed by atoms with Gasteiger partial charge in [-0.15, -0.1) is 0 Å². The Morgan fingerprint density at radius 1 is 1.55 bits per heavy atom. The fourth-order valence-corrected chi connectivity index (χ4v) is 1.62. The van der Waals surface area contributed by atoms with E-state index in [1.54, 1.807) is 0 Å². The number of rotatable bonds is 2. The minimum atomic E-state index is 0.271. The lowest BCUT2D eigenvalue weighted by Gasteiger charge is -2.38. The Morgan fingerprint density at radius 2 is 2.27 bits per heavy atom. The molecule has 0 spiro atoms. The second-order valence-corrected chi connectivity index (χ2v) is 3.88. The van der Waals surface area contributed by atoms with Crippen molar-refractivity contribution < 1.29 is 0 Å². The van der Waals surface area contributed by atoms with Gasteiger partial charge in [0.2, 0.25) is 0 Å². The summed E-state index contributed by atoms with van der Waals surface area (Å²) in [5.41, 5.74) is 5.76. The van der Waals surface area contributed by atoms with Crippen LogP contribution in [0.4, 0.5) is 0 Å². The van der Waals surface area contributed by atoms with Crippen molar-refractivity contribution in [3.8, 4) is 0 Å². The van der Waals surface area contributed by atoms with Gasteiger partial charge in [0.05, 0.1) is 0 Å². The summed E-state index contributed by atoms with van der Waals surface area (Å²) >= 11 is 0. The summed E-state index contributed by atoms with van der Waals surface area (Å²) in [6, 6.07) is 0. The zero-order valence-corrected chi connectivity index (χ0v) is 7.56. The molecule has 11 heavy (non-hydrogen) atoms. The van der Waals surface area contributed by atoms with Crippen LogP contribution >= 0.6 is 0 Å². The molecular formula is C8H19N3. The second kappa shape index (κ2) is 3.52. The third-order valence-corrected chi connectivity index (χ3v) is 2.10. The van der Waals surface area contributed by atoms with Crippen molar-refractivity contribution in [1.82, 2.24) is 10.2 Å². The van der Waals surface area contributed by atoms with Crippen molar-refractivity contribution in [1.29, 1.82) is 0 Å². The Morgan fingerprint density at radius 3 is 2.82 bits per heavy atom. The topological polar surface area (TPSA) is 41.3 Å². The predicted octanol–water partition coefficient (Wildman–Crippen LogP) is -0.371. The van der Waals surface area contributed by atoms with Crippen molar-refractivity contribution in [3.63, 3.8) is 0 Å². The van der Waals surface area contributed by atoms with E-state index in [0.29, 0.717) is 0 Å². The number of nitrogens with one attached hydrogen (secondary N) is 1. The van der Waals surface area contributed by atoms with Gasteiger partial charge < -0.3 is 11.1 Å². The van der Waals surface area contributed by atoms with Crippen LogP contribution in [0.5, 0.6) is 0 Å². The lowest BCUT2D eigenvalue weighted by molar-refractivity contribution is 0.158. The molecule has 0 aromatic carbocycles. The molecule has 0 aliphatic carbocycles. The molecule has 1 rings (SSSR count). The van der Waals surface area contributed by atoms with Gasteiger partial charge in [0.1, 0.15) is 0 Å². The highest BCUT2D eigenvalue weighted by Crippen LogP contribution is 2.08. The van der Waals surface area contributed by atoms with Crippen molar-refractivity contribution in [2.24, 2.45) is 5.73 Å². The molecule has 1 aliphatic rings. The maximum absolute atomic E-state index is 5.49. The maximum atomic E-state index is 5.49. The van der Waals surface area contributed by atoms with Crippen molar-refractivity contribution in [2.45, 2.75) is 19.4 Å². The quantitative estimate of drug-likeness (QED) is 0.574. The van der Waals surface area contributed by atoms with Gasteiger partial charge in [-0.05, 0) is 13.8 Å². The molecule has 1 fully saturated rings. The third kappa shape index (κ3) is 2.77. The molecule has 1 saturated heterocycles. The third-order valence-electron chi connectivity index (χ3n) is 2.10. The zero-order valence-electron chi connectivity index (χ0n) is 7.56. The average Bonchev–Trinajstić information content (AvgIpc) is 1.85. The predicted molar refractivity (Wildman–Crippen MR) is 47.6 cm³/mol. The average molecular weight is 157 g/mol. The van der Waals surface area contributed by atoms with Gasteiger partial charge >= 0.3 is 0 Å². The van der Waals surface area contributed by atoms with Crippen molar-refractivity contribution in [3.05, 3.63) is 0 Å². The van der Waals surface area contributed by atoms with E-state index < -0.39 is 0 Å². The first kappa shape index (κ1) is 8.97. The molecule has 0 aromatic heterocycles. The number of piperazine rings is 1. The first-order chi connectivity index (χ1) is 5.14. The van der Waals surface area contributed by atoms with E-state index in [0.717, 1.165) is 32.7 Å². The molecule has 3 nitrogen and oxygen atoms in total. The van der Waals surface area contributed by atoms with E-state index >= 15 is 0 Å². The highest BCUT2D eigenvalue weighted by molar-refractivity contribution is 4.86. The Balaban J connectivity index is 2.34. The number of hydrogen-bond acceptors (Lipinski definition) is 3. The van der Waals surface area contributed by atoms with Gasteiger partial charge in [-0.3, -0.25) is 4.90 Å². The lowest BCUT2D eigenvalue weighted by Crippen LogP contribution is -2.57. The van der Waals surface area contributed by atoms with Gasteiger partial charge in [-0.1, -0.05) is 0 Å². The number of nitrogens with zero attached hydrogens (tertiary/aromatic N) is 1. The zero-order chi connectivity index (χ0) is 8.32. The highest BCUT2D eigenvalue weighted by Gasteiger charge is 2.24. The summed E-state index contributed by atoms with van der Waals surface area (Å²) in [7, 11) is 0. The summed E-state index contributed by atoms with van der Waals surface area (Å²) < 4.78 is 0. The Hall–Kier alpha value is -0.120. The van der Waals surface area contributed by atoms with Crippen LogP contribution in [-0.2, 0) is 0 Å². The normalized spacial score (nSPS) is 25.4. The first-order valence-electron chi connectivity index (χ1n) is 4.31. The fraction of sp³-hybridized carbons (Fsp3) is 1.00. The lowest BCUT2D eigenvalue weighted by atomic mass is 10.0. The molecule has 1 aliphatic heterocycles. The summed E-state index contributed by atoms with van der Waals surface area (Å²) in [5.74, 6) is 0. The fourth-order valence-electron chi connectivity index (χ4n) is 1.62. The summed E-state index contributed by atoms with van der Waals surface area (Å²) in [4.78, 5) is 2.41. The molecule has 3 heteroatoms. The van der Waals surface area contributed by atoms with Crippen LogP contribution in [0.2, 0.25) is 0 Å². The second-order valence-electron chi connectivity index (χ2n) is 3.88. The summed E-state index contributed by atoms with van der Waals surface area (Å²) in [6.07, 6.45) is 0. The van der Waals surface area contributed by atoms with Crippen LogP contribution in [0.3, 0.4) is 0 Å². The molecule has 0 saturated carbocycles. The Labute approximate surface area is 68.9 Å². The van der Waals surface area contributed by atoms with Gasteiger partial charge in [-0.25, -0.2) is 0 Å². The minimum absolute atomic E-state index is 0.271. The van der Waals surface area contributed by atoms with Gasteiger partial charge in [0.25, 0.3) is 0 Å². The van der Waals surface area contributed by atoms with E-state index in [4.69, 9.17) is 5.73 Å². The molecule has 66 valence electrons. The van der Waals surface area contributed by atoms with Crippen molar-refractivity contribution >= 4 is 0 Å². The molecule has 0 unspecified atom stereocenters. The van der Waals surface area contributed by atoms with E-state index in [1.807, 2.05) is 0 Å². The van der Waals surface area contributed by atoms with Gasteiger partial charge in [0, 0.05) is 38.3 Å². The van der Waals surface area contributed by atoms with Crippen LogP contribution in [0.15, 0.2) is 0 Å². The van der Waals surface area contributed by atoms with Crippen LogP contribution in [-0.4, -0.2) is 43.2 Å². The smallest absolute Gasteiger partial charge is 0.0252 e. The summed E-state index contributed by atoms with van der Waals surface area (Å²) in [5, 5.41) is 3.46. The molecular weight excluding hydrogens is 138 g/mol. The molecule has 0 amide bonds. The minimum Gasteiger partial charge on any atom is -0.329 e. The van der Waals surface area contributed by atoms with Crippen LogP contribution in [0.1, 0.15) is 13.8 Å².